The molecule has 0 atom stereocenters. The minimum Gasteiger partial charge on any atom is -0.361 e. The summed E-state index contributed by atoms with van der Waals surface area (Å²) in [6.45, 7) is 1.84. The van der Waals surface area contributed by atoms with E-state index < -0.39 is 0 Å². The van der Waals surface area contributed by atoms with Crippen LogP contribution >= 0.6 is 0 Å². The maximum atomic E-state index is 12.0. The monoisotopic (exact) mass is 311 g/mol. The molecule has 0 fully saturated rings. The summed E-state index contributed by atoms with van der Waals surface area (Å²) in [5.74, 6) is 1.55. The fourth-order valence-electron chi connectivity index (χ4n) is 2.16. The Morgan fingerprint density at radius 1 is 1.30 bits per heavy atom. The zero-order chi connectivity index (χ0) is 16.2. The van der Waals surface area contributed by atoms with Crippen LogP contribution in [0.3, 0.4) is 0 Å². The van der Waals surface area contributed by atoms with Crippen LogP contribution in [0, 0.1) is 6.92 Å². The average Bonchev–Trinajstić information content (AvgIpc) is 3.13. The van der Waals surface area contributed by atoms with E-state index in [2.05, 4.69) is 20.6 Å². The minimum absolute atomic E-state index is 0.144. The van der Waals surface area contributed by atoms with Crippen molar-refractivity contribution >= 4 is 11.9 Å². The summed E-state index contributed by atoms with van der Waals surface area (Å²) < 4.78 is 6.64. The Bertz CT molecular complexity index is 807. The van der Waals surface area contributed by atoms with E-state index in [1.807, 2.05) is 43.3 Å². The van der Waals surface area contributed by atoms with Crippen LogP contribution in [-0.2, 0) is 18.3 Å². The predicted molar refractivity (Wildman–Crippen MR) is 84.6 cm³/mol. The number of rotatable bonds is 5. The molecule has 2 aromatic heterocycles. The van der Waals surface area contributed by atoms with Gasteiger partial charge in [0, 0.05) is 31.5 Å². The van der Waals surface area contributed by atoms with E-state index in [0.29, 0.717) is 30.4 Å². The number of hydrogen-bond donors (Lipinski definition) is 1. The Kier molecular flexibility index (Phi) is 4.18. The van der Waals surface area contributed by atoms with Gasteiger partial charge in [0.2, 0.25) is 11.9 Å². The number of aromatic nitrogens is 4. The van der Waals surface area contributed by atoms with Gasteiger partial charge < -0.3 is 4.52 Å². The number of hydrogen-bond acceptors (Lipinski definition) is 5. The molecule has 23 heavy (non-hydrogen) atoms. The summed E-state index contributed by atoms with van der Waals surface area (Å²) >= 11 is 0. The summed E-state index contributed by atoms with van der Waals surface area (Å²) in [4.78, 5) is 16.4. The number of nitrogens with one attached hydrogen (secondary N) is 1. The topological polar surface area (TPSA) is 85.8 Å². The molecule has 1 aromatic carbocycles. The number of carbonyl (C=O) groups excluding carboxylic acids is 1. The fourth-order valence-corrected chi connectivity index (χ4v) is 2.16. The van der Waals surface area contributed by atoms with Gasteiger partial charge in [0.05, 0.1) is 5.69 Å². The van der Waals surface area contributed by atoms with E-state index in [1.54, 1.807) is 11.7 Å². The zero-order valence-electron chi connectivity index (χ0n) is 13.0. The van der Waals surface area contributed by atoms with Gasteiger partial charge in [-0.3, -0.25) is 10.1 Å². The van der Waals surface area contributed by atoms with Gasteiger partial charge in [-0.25, -0.2) is 4.68 Å². The Hall–Kier alpha value is -2.96. The third-order valence-electron chi connectivity index (χ3n) is 3.32. The lowest BCUT2D eigenvalue weighted by atomic mass is 10.2. The molecule has 3 rings (SSSR count). The lowest BCUT2D eigenvalue weighted by Gasteiger charge is -2.02. The lowest BCUT2D eigenvalue weighted by Crippen LogP contribution is -2.15. The smallest absolute Gasteiger partial charge is 0.228 e. The van der Waals surface area contributed by atoms with Crippen molar-refractivity contribution in [3.63, 3.8) is 0 Å². The number of anilines is 1. The highest BCUT2D eigenvalue weighted by Crippen LogP contribution is 2.16. The third-order valence-corrected chi connectivity index (χ3v) is 3.32. The van der Waals surface area contributed by atoms with Crippen molar-refractivity contribution < 1.29 is 9.32 Å². The molecule has 7 nitrogen and oxygen atoms in total. The second kappa shape index (κ2) is 6.43. The Balaban J connectivity index is 1.63. The van der Waals surface area contributed by atoms with Crippen LogP contribution in [-0.4, -0.2) is 25.8 Å². The van der Waals surface area contributed by atoms with Gasteiger partial charge >= 0.3 is 0 Å². The molecular weight excluding hydrogens is 294 g/mol. The van der Waals surface area contributed by atoms with Crippen molar-refractivity contribution in [2.24, 2.45) is 7.05 Å². The van der Waals surface area contributed by atoms with Crippen LogP contribution in [0.1, 0.15) is 17.9 Å². The van der Waals surface area contributed by atoms with E-state index in [0.717, 1.165) is 11.3 Å². The van der Waals surface area contributed by atoms with Gasteiger partial charge in [-0.1, -0.05) is 35.5 Å². The fraction of sp³-hybridized carbons (Fsp3) is 0.250. The lowest BCUT2D eigenvalue weighted by molar-refractivity contribution is -0.116. The second-order valence-electron chi connectivity index (χ2n) is 5.23. The van der Waals surface area contributed by atoms with Crippen molar-refractivity contribution in [3.8, 4) is 11.4 Å². The Morgan fingerprint density at radius 2 is 2.09 bits per heavy atom. The van der Waals surface area contributed by atoms with Gasteiger partial charge in [-0.05, 0) is 6.92 Å². The molecule has 0 unspecified atom stereocenters. The van der Waals surface area contributed by atoms with Crippen LogP contribution in [0.4, 0.5) is 5.95 Å². The first-order valence-electron chi connectivity index (χ1n) is 7.30. The average molecular weight is 311 g/mol. The summed E-state index contributed by atoms with van der Waals surface area (Å²) in [6.07, 6.45) is 0.790. The highest BCUT2D eigenvalue weighted by molar-refractivity contribution is 5.89. The van der Waals surface area contributed by atoms with Crippen molar-refractivity contribution in [2.45, 2.75) is 19.8 Å². The molecule has 1 amide bonds. The molecular formula is C16H17N5O2. The molecule has 0 aliphatic rings. The zero-order valence-corrected chi connectivity index (χ0v) is 13.0. The summed E-state index contributed by atoms with van der Waals surface area (Å²) in [5.41, 5.74) is 1.71. The molecule has 3 aromatic rings. The van der Waals surface area contributed by atoms with E-state index in [9.17, 15) is 4.79 Å². The van der Waals surface area contributed by atoms with Crippen molar-refractivity contribution in [2.75, 3.05) is 5.32 Å². The Morgan fingerprint density at radius 3 is 2.78 bits per heavy atom. The van der Waals surface area contributed by atoms with Gasteiger partial charge in [-0.2, -0.15) is 4.98 Å². The van der Waals surface area contributed by atoms with Gasteiger partial charge in [0.15, 0.2) is 5.82 Å². The van der Waals surface area contributed by atoms with Crippen molar-refractivity contribution in [3.05, 3.63) is 47.9 Å². The van der Waals surface area contributed by atoms with Gasteiger partial charge in [0.1, 0.15) is 5.76 Å². The van der Waals surface area contributed by atoms with E-state index in [-0.39, 0.29) is 5.91 Å². The van der Waals surface area contributed by atoms with Crippen molar-refractivity contribution in [1.29, 1.82) is 0 Å². The molecule has 0 aliphatic carbocycles. The predicted octanol–water partition coefficient (Wildman–Crippen LogP) is 2.35. The van der Waals surface area contributed by atoms with Crippen molar-refractivity contribution in [1.82, 2.24) is 19.9 Å². The molecule has 0 bridgehead atoms. The first-order valence-corrected chi connectivity index (χ1v) is 7.30. The molecule has 0 saturated carbocycles. The maximum Gasteiger partial charge on any atom is 0.228 e. The van der Waals surface area contributed by atoms with E-state index in [1.165, 1.54) is 0 Å². The standard InChI is InChI=1S/C16H17N5O2/c1-11-10-13(23-20-11)8-9-14(22)17-16-18-15(19-21(16)2)12-6-4-3-5-7-12/h3-7,10H,8-9H2,1-2H3,(H,17,18,19,22). The first-order chi connectivity index (χ1) is 11.1. The number of amides is 1. The molecule has 2 heterocycles. The Labute approximate surface area is 133 Å². The normalized spacial score (nSPS) is 10.7. The molecule has 0 spiro atoms. The number of aryl methyl sites for hydroxylation is 3. The second-order valence-corrected chi connectivity index (χ2v) is 5.23. The minimum atomic E-state index is -0.144. The summed E-state index contributed by atoms with van der Waals surface area (Å²) in [7, 11) is 1.74. The van der Waals surface area contributed by atoms with Crippen LogP contribution in [0.2, 0.25) is 0 Å². The number of nitrogens with zero attached hydrogens (tertiary/aromatic N) is 4. The number of carbonyl (C=O) groups is 1. The first kappa shape index (κ1) is 15.0. The highest BCUT2D eigenvalue weighted by atomic mass is 16.5. The molecule has 0 aliphatic heterocycles. The molecule has 0 radical (unpaired) electrons. The van der Waals surface area contributed by atoms with Crippen LogP contribution < -0.4 is 5.32 Å². The van der Waals surface area contributed by atoms with Gasteiger partial charge in [0.25, 0.3) is 0 Å². The summed E-state index contributed by atoms with van der Waals surface area (Å²) in [6, 6.07) is 11.4. The van der Waals surface area contributed by atoms with Gasteiger partial charge in [-0.15, -0.1) is 5.10 Å². The summed E-state index contributed by atoms with van der Waals surface area (Å²) in [5, 5.41) is 10.9. The van der Waals surface area contributed by atoms with Crippen LogP contribution in [0.5, 0.6) is 0 Å². The number of benzene rings is 1. The van der Waals surface area contributed by atoms with Crippen LogP contribution in [0.15, 0.2) is 40.9 Å². The quantitative estimate of drug-likeness (QED) is 0.781. The molecule has 7 heteroatoms. The third kappa shape index (κ3) is 3.63. The SMILES string of the molecule is Cc1cc(CCC(=O)Nc2nc(-c3ccccc3)nn2C)on1. The maximum absolute atomic E-state index is 12.0. The van der Waals surface area contributed by atoms with Crippen LogP contribution in [0.25, 0.3) is 11.4 Å². The molecule has 1 N–H and O–H groups in total. The largest absolute Gasteiger partial charge is 0.361 e. The van der Waals surface area contributed by atoms with E-state index in [4.69, 9.17) is 4.52 Å². The molecule has 118 valence electrons. The molecule has 0 saturated heterocycles. The highest BCUT2D eigenvalue weighted by Gasteiger charge is 2.12. The van der Waals surface area contributed by atoms with E-state index >= 15 is 0 Å².